The molecule has 6 nitrogen and oxygen atoms in total. The highest BCUT2D eigenvalue weighted by molar-refractivity contribution is 6.04. The summed E-state index contributed by atoms with van der Waals surface area (Å²) in [6.07, 6.45) is 5.95. The fourth-order valence-corrected chi connectivity index (χ4v) is 3.17. The van der Waals surface area contributed by atoms with Gasteiger partial charge in [-0.15, -0.1) is 0 Å². The number of phenols is 1. The van der Waals surface area contributed by atoms with Gasteiger partial charge in [0.25, 0.3) is 0 Å². The van der Waals surface area contributed by atoms with E-state index in [1.807, 2.05) is 0 Å². The SMILES string of the molecule is COc1cc(/C=C/c2cccc(O)c2NC(=O)/C=C/c2ccc(F)c(F)c2)cc(OC)c1OC. The molecule has 34 heavy (non-hydrogen) atoms. The molecule has 0 aliphatic heterocycles. The Hall–Kier alpha value is -4.33. The molecular weight excluding hydrogens is 444 g/mol. The molecule has 0 atom stereocenters. The highest BCUT2D eigenvalue weighted by atomic mass is 19.2. The lowest BCUT2D eigenvalue weighted by Crippen LogP contribution is -2.09. The largest absolute Gasteiger partial charge is 0.506 e. The van der Waals surface area contributed by atoms with Gasteiger partial charge in [0.15, 0.2) is 23.1 Å². The molecule has 0 radical (unpaired) electrons. The summed E-state index contributed by atoms with van der Waals surface area (Å²) in [4.78, 5) is 12.4. The van der Waals surface area contributed by atoms with Crippen molar-refractivity contribution in [2.75, 3.05) is 26.6 Å². The number of hydrogen-bond donors (Lipinski definition) is 2. The van der Waals surface area contributed by atoms with Gasteiger partial charge in [0, 0.05) is 11.6 Å². The van der Waals surface area contributed by atoms with Crippen molar-refractivity contribution in [3.05, 3.63) is 82.9 Å². The maximum atomic E-state index is 13.3. The molecule has 0 saturated heterocycles. The minimum atomic E-state index is -1.01. The van der Waals surface area contributed by atoms with Crippen LogP contribution in [0.4, 0.5) is 14.5 Å². The van der Waals surface area contributed by atoms with E-state index in [0.717, 1.165) is 23.8 Å². The number of benzene rings is 3. The van der Waals surface area contributed by atoms with Gasteiger partial charge in [0.2, 0.25) is 11.7 Å². The van der Waals surface area contributed by atoms with Gasteiger partial charge in [-0.25, -0.2) is 8.78 Å². The Morgan fingerprint density at radius 1 is 0.853 bits per heavy atom. The quantitative estimate of drug-likeness (QED) is 0.259. The van der Waals surface area contributed by atoms with Crippen LogP contribution in [0.2, 0.25) is 0 Å². The number of phenolic OH excluding ortho intramolecular Hbond substituents is 1. The molecule has 3 aromatic rings. The van der Waals surface area contributed by atoms with Crippen molar-refractivity contribution in [2.24, 2.45) is 0 Å². The highest BCUT2D eigenvalue weighted by Crippen LogP contribution is 2.39. The average molecular weight is 467 g/mol. The van der Waals surface area contributed by atoms with Crippen molar-refractivity contribution >= 4 is 29.8 Å². The molecule has 3 rings (SSSR count). The van der Waals surface area contributed by atoms with Crippen LogP contribution in [0.15, 0.2) is 54.6 Å². The molecular formula is C26H23F2NO5. The number of amides is 1. The lowest BCUT2D eigenvalue weighted by atomic mass is 10.1. The van der Waals surface area contributed by atoms with Crippen LogP contribution in [0, 0.1) is 11.6 Å². The van der Waals surface area contributed by atoms with Crippen molar-refractivity contribution in [1.29, 1.82) is 0 Å². The van der Waals surface area contributed by atoms with Gasteiger partial charge in [0.05, 0.1) is 27.0 Å². The zero-order chi connectivity index (χ0) is 24.7. The topological polar surface area (TPSA) is 77.0 Å². The van der Waals surface area contributed by atoms with Crippen molar-refractivity contribution in [3.8, 4) is 23.0 Å². The molecule has 0 aromatic heterocycles. The first-order chi connectivity index (χ1) is 16.4. The molecule has 0 heterocycles. The number of rotatable bonds is 8. The number of halogens is 2. The Morgan fingerprint density at radius 2 is 1.56 bits per heavy atom. The van der Waals surface area contributed by atoms with Gasteiger partial charge in [-0.3, -0.25) is 4.79 Å². The predicted molar refractivity (Wildman–Crippen MR) is 127 cm³/mol. The Labute approximate surface area is 195 Å². The minimum absolute atomic E-state index is 0.137. The summed E-state index contributed by atoms with van der Waals surface area (Å²) < 4.78 is 42.4. The third-order valence-corrected chi connectivity index (χ3v) is 4.84. The lowest BCUT2D eigenvalue weighted by Gasteiger charge is -2.13. The predicted octanol–water partition coefficient (Wildman–Crippen LogP) is 5.52. The molecule has 0 aliphatic rings. The van der Waals surface area contributed by atoms with Gasteiger partial charge in [0.1, 0.15) is 5.75 Å². The van der Waals surface area contributed by atoms with Crippen molar-refractivity contribution in [1.82, 2.24) is 0 Å². The number of methoxy groups -OCH3 is 3. The molecule has 0 fully saturated rings. The van der Waals surface area contributed by atoms with Gasteiger partial charge in [-0.05, 0) is 47.5 Å². The van der Waals surface area contributed by atoms with E-state index in [-0.39, 0.29) is 11.4 Å². The summed E-state index contributed by atoms with van der Waals surface area (Å²) >= 11 is 0. The maximum absolute atomic E-state index is 13.3. The Kier molecular flexibility index (Phi) is 7.87. The van der Waals surface area contributed by atoms with E-state index in [1.54, 1.807) is 36.4 Å². The fourth-order valence-electron chi connectivity index (χ4n) is 3.17. The minimum Gasteiger partial charge on any atom is -0.506 e. The smallest absolute Gasteiger partial charge is 0.248 e. The number of para-hydroxylation sites is 1. The van der Waals surface area contributed by atoms with Crippen LogP contribution in [-0.4, -0.2) is 32.3 Å². The molecule has 0 spiro atoms. The summed E-state index contributed by atoms with van der Waals surface area (Å²) in [7, 11) is 4.54. The number of carbonyl (C=O) groups excluding carboxylic acids is 1. The molecule has 0 unspecified atom stereocenters. The summed E-state index contributed by atoms with van der Waals surface area (Å²) in [5.41, 5.74) is 1.76. The third-order valence-electron chi connectivity index (χ3n) is 4.84. The summed E-state index contributed by atoms with van der Waals surface area (Å²) in [6.45, 7) is 0. The van der Waals surface area contributed by atoms with Crippen LogP contribution in [0.3, 0.4) is 0 Å². The molecule has 0 bridgehead atoms. The first-order valence-electron chi connectivity index (χ1n) is 10.1. The molecule has 0 saturated carbocycles. The fraction of sp³-hybridized carbons (Fsp3) is 0.115. The van der Waals surface area contributed by atoms with E-state index >= 15 is 0 Å². The average Bonchev–Trinajstić information content (AvgIpc) is 2.84. The van der Waals surface area contributed by atoms with Crippen molar-refractivity contribution in [3.63, 3.8) is 0 Å². The number of anilines is 1. The van der Waals surface area contributed by atoms with Crippen molar-refractivity contribution < 1.29 is 32.9 Å². The molecule has 1 amide bonds. The number of nitrogens with one attached hydrogen (secondary N) is 1. The summed E-state index contributed by atoms with van der Waals surface area (Å²) in [5, 5.41) is 12.9. The molecule has 0 aliphatic carbocycles. The standard InChI is InChI=1S/C26H23F2NO5/c1-32-22-14-17(15-23(33-2)26(22)34-3)7-10-18-5-4-6-21(30)25(18)29-24(31)12-9-16-8-11-19(27)20(28)13-16/h4-15,30H,1-3H3,(H,29,31)/b10-7+,12-9+. The first kappa shape index (κ1) is 24.3. The van der Waals surface area contributed by atoms with E-state index < -0.39 is 17.5 Å². The Bertz CT molecular complexity index is 1230. The third kappa shape index (κ3) is 5.72. The molecule has 2 N–H and O–H groups in total. The summed E-state index contributed by atoms with van der Waals surface area (Å²) in [5.74, 6) is -1.26. The zero-order valence-electron chi connectivity index (χ0n) is 18.8. The van der Waals surface area contributed by atoms with E-state index in [4.69, 9.17) is 14.2 Å². The Morgan fingerprint density at radius 3 is 2.18 bits per heavy atom. The van der Waals surface area contributed by atoms with E-state index in [1.165, 1.54) is 39.5 Å². The van der Waals surface area contributed by atoms with Crippen molar-refractivity contribution in [2.45, 2.75) is 0 Å². The Balaban J connectivity index is 1.85. The lowest BCUT2D eigenvalue weighted by molar-refractivity contribution is -0.111. The van der Waals surface area contributed by atoms with Crippen LogP contribution in [0.1, 0.15) is 16.7 Å². The monoisotopic (exact) mass is 467 g/mol. The zero-order valence-corrected chi connectivity index (χ0v) is 18.8. The number of ether oxygens (including phenoxy) is 3. The van der Waals surface area contributed by atoms with Crippen LogP contribution in [0.5, 0.6) is 23.0 Å². The number of carbonyl (C=O) groups is 1. The normalized spacial score (nSPS) is 11.1. The second-order valence-electron chi connectivity index (χ2n) is 7.03. The van der Waals surface area contributed by atoms with E-state index in [0.29, 0.717) is 28.4 Å². The van der Waals surface area contributed by atoms with E-state index in [9.17, 15) is 18.7 Å². The van der Waals surface area contributed by atoms with Gasteiger partial charge < -0.3 is 24.6 Å². The number of aromatic hydroxyl groups is 1. The maximum Gasteiger partial charge on any atom is 0.248 e. The second kappa shape index (κ2) is 11.0. The van der Waals surface area contributed by atoms with E-state index in [2.05, 4.69) is 5.32 Å². The molecule has 176 valence electrons. The molecule has 8 heteroatoms. The number of hydrogen-bond acceptors (Lipinski definition) is 5. The first-order valence-corrected chi connectivity index (χ1v) is 10.1. The highest BCUT2D eigenvalue weighted by Gasteiger charge is 2.13. The summed E-state index contributed by atoms with van der Waals surface area (Å²) in [6, 6.07) is 11.6. The van der Waals surface area contributed by atoms with Crippen LogP contribution >= 0.6 is 0 Å². The second-order valence-corrected chi connectivity index (χ2v) is 7.03. The van der Waals surface area contributed by atoms with Gasteiger partial charge in [-0.2, -0.15) is 0 Å². The van der Waals surface area contributed by atoms with Crippen LogP contribution in [0.25, 0.3) is 18.2 Å². The van der Waals surface area contributed by atoms with Gasteiger partial charge >= 0.3 is 0 Å². The van der Waals surface area contributed by atoms with Crippen LogP contribution in [-0.2, 0) is 4.79 Å². The molecule has 3 aromatic carbocycles. The van der Waals surface area contributed by atoms with Crippen LogP contribution < -0.4 is 19.5 Å². The van der Waals surface area contributed by atoms with Gasteiger partial charge in [-0.1, -0.05) is 30.4 Å².